The lowest BCUT2D eigenvalue weighted by Crippen LogP contribution is -2.22. The molecule has 0 bridgehead atoms. The second-order valence-electron chi connectivity index (χ2n) is 4.02. The Morgan fingerprint density at radius 1 is 1.33 bits per heavy atom. The van der Waals surface area contributed by atoms with Gasteiger partial charge in [-0.3, -0.25) is 0 Å². The molecule has 1 aromatic rings. The Kier molecular flexibility index (Phi) is 3.78. The smallest absolute Gasteiger partial charge is 0.0739 e. The van der Waals surface area contributed by atoms with Crippen LogP contribution in [0.4, 0.5) is 0 Å². The predicted octanol–water partition coefficient (Wildman–Crippen LogP) is 2.23. The molecule has 1 fully saturated rings. The van der Waals surface area contributed by atoms with E-state index >= 15 is 0 Å². The zero-order valence-corrected chi connectivity index (χ0v) is 10.5. The molecule has 1 aliphatic heterocycles. The SMILES string of the molecule is COC1CNCC1Cc1ccc(Br)cc1. The van der Waals surface area contributed by atoms with E-state index < -0.39 is 0 Å². The van der Waals surface area contributed by atoms with E-state index in [0.29, 0.717) is 12.0 Å². The third-order valence-electron chi connectivity index (χ3n) is 2.99. The number of nitrogens with one attached hydrogen (secondary N) is 1. The fourth-order valence-electron chi connectivity index (χ4n) is 2.11. The summed E-state index contributed by atoms with van der Waals surface area (Å²) in [6, 6.07) is 8.54. The van der Waals surface area contributed by atoms with Gasteiger partial charge in [0, 0.05) is 30.6 Å². The van der Waals surface area contributed by atoms with Gasteiger partial charge in [-0.25, -0.2) is 0 Å². The number of halogens is 1. The first-order chi connectivity index (χ1) is 7.29. The lowest BCUT2D eigenvalue weighted by atomic mass is 9.97. The van der Waals surface area contributed by atoms with Crippen molar-refractivity contribution in [1.29, 1.82) is 0 Å². The average molecular weight is 270 g/mol. The van der Waals surface area contributed by atoms with Gasteiger partial charge in [0.15, 0.2) is 0 Å². The van der Waals surface area contributed by atoms with Gasteiger partial charge in [-0.15, -0.1) is 0 Å². The zero-order chi connectivity index (χ0) is 10.7. The highest BCUT2D eigenvalue weighted by Crippen LogP contribution is 2.19. The van der Waals surface area contributed by atoms with Crippen LogP contribution in [0.3, 0.4) is 0 Å². The minimum atomic E-state index is 0.369. The molecule has 2 unspecified atom stereocenters. The highest BCUT2D eigenvalue weighted by molar-refractivity contribution is 9.10. The van der Waals surface area contributed by atoms with Gasteiger partial charge in [0.05, 0.1) is 6.10 Å². The summed E-state index contributed by atoms with van der Waals surface area (Å²) in [5, 5.41) is 3.37. The van der Waals surface area contributed by atoms with Crippen molar-refractivity contribution >= 4 is 15.9 Å². The van der Waals surface area contributed by atoms with Gasteiger partial charge in [-0.05, 0) is 24.1 Å². The molecule has 0 spiro atoms. The summed E-state index contributed by atoms with van der Waals surface area (Å²) in [7, 11) is 1.80. The van der Waals surface area contributed by atoms with Crippen molar-refractivity contribution in [2.75, 3.05) is 20.2 Å². The van der Waals surface area contributed by atoms with E-state index in [0.717, 1.165) is 24.0 Å². The normalized spacial score (nSPS) is 25.7. The van der Waals surface area contributed by atoms with E-state index in [-0.39, 0.29) is 0 Å². The number of benzene rings is 1. The van der Waals surface area contributed by atoms with Crippen molar-refractivity contribution in [3.8, 4) is 0 Å². The quantitative estimate of drug-likeness (QED) is 0.909. The van der Waals surface area contributed by atoms with Crippen molar-refractivity contribution in [3.63, 3.8) is 0 Å². The zero-order valence-electron chi connectivity index (χ0n) is 8.87. The first-order valence-electron chi connectivity index (χ1n) is 5.27. The molecule has 82 valence electrons. The molecule has 2 atom stereocenters. The molecule has 0 saturated carbocycles. The first-order valence-corrected chi connectivity index (χ1v) is 6.07. The fraction of sp³-hybridized carbons (Fsp3) is 0.500. The minimum absolute atomic E-state index is 0.369. The van der Waals surface area contributed by atoms with Gasteiger partial charge in [-0.2, -0.15) is 0 Å². The lowest BCUT2D eigenvalue weighted by molar-refractivity contribution is 0.0832. The molecule has 2 nitrogen and oxygen atoms in total. The molecule has 1 heterocycles. The maximum atomic E-state index is 5.45. The van der Waals surface area contributed by atoms with Crippen LogP contribution in [-0.2, 0) is 11.2 Å². The molecule has 1 aromatic carbocycles. The summed E-state index contributed by atoms with van der Waals surface area (Å²) in [6.45, 7) is 2.05. The summed E-state index contributed by atoms with van der Waals surface area (Å²) in [5.74, 6) is 0.608. The average Bonchev–Trinajstić information content (AvgIpc) is 2.69. The fourth-order valence-corrected chi connectivity index (χ4v) is 2.38. The molecule has 2 rings (SSSR count). The van der Waals surface area contributed by atoms with Crippen molar-refractivity contribution < 1.29 is 4.74 Å². The number of methoxy groups -OCH3 is 1. The minimum Gasteiger partial charge on any atom is -0.380 e. The number of rotatable bonds is 3. The van der Waals surface area contributed by atoms with Crippen LogP contribution in [0.2, 0.25) is 0 Å². The molecule has 1 saturated heterocycles. The predicted molar refractivity (Wildman–Crippen MR) is 65.0 cm³/mol. The lowest BCUT2D eigenvalue weighted by Gasteiger charge is -2.16. The van der Waals surface area contributed by atoms with E-state index in [4.69, 9.17) is 4.74 Å². The maximum Gasteiger partial charge on any atom is 0.0739 e. The summed E-state index contributed by atoms with van der Waals surface area (Å²) in [6.07, 6.45) is 1.47. The van der Waals surface area contributed by atoms with Crippen molar-refractivity contribution in [2.24, 2.45) is 5.92 Å². The van der Waals surface area contributed by atoms with Crippen LogP contribution in [0.15, 0.2) is 28.7 Å². The van der Waals surface area contributed by atoms with Crippen LogP contribution in [-0.4, -0.2) is 26.3 Å². The largest absolute Gasteiger partial charge is 0.380 e. The molecule has 1 N–H and O–H groups in total. The van der Waals surface area contributed by atoms with Crippen LogP contribution >= 0.6 is 15.9 Å². The van der Waals surface area contributed by atoms with Gasteiger partial charge < -0.3 is 10.1 Å². The molecule has 1 aliphatic rings. The van der Waals surface area contributed by atoms with Crippen molar-refractivity contribution in [3.05, 3.63) is 34.3 Å². The molecule has 0 amide bonds. The topological polar surface area (TPSA) is 21.3 Å². The van der Waals surface area contributed by atoms with Crippen molar-refractivity contribution in [2.45, 2.75) is 12.5 Å². The Morgan fingerprint density at radius 2 is 2.07 bits per heavy atom. The molecule has 0 radical (unpaired) electrons. The van der Waals surface area contributed by atoms with E-state index in [1.165, 1.54) is 5.56 Å². The van der Waals surface area contributed by atoms with Crippen LogP contribution in [0.1, 0.15) is 5.56 Å². The summed E-state index contributed by atoms with van der Waals surface area (Å²) >= 11 is 3.45. The number of hydrogen-bond acceptors (Lipinski definition) is 2. The third kappa shape index (κ3) is 2.80. The summed E-state index contributed by atoms with van der Waals surface area (Å²) in [4.78, 5) is 0. The van der Waals surface area contributed by atoms with Gasteiger partial charge in [-0.1, -0.05) is 28.1 Å². The molecule has 0 aromatic heterocycles. The number of hydrogen-bond donors (Lipinski definition) is 1. The monoisotopic (exact) mass is 269 g/mol. The van der Waals surface area contributed by atoms with Crippen LogP contribution < -0.4 is 5.32 Å². The molecule has 3 heteroatoms. The second kappa shape index (κ2) is 5.10. The van der Waals surface area contributed by atoms with Crippen LogP contribution in [0, 0.1) is 5.92 Å². The van der Waals surface area contributed by atoms with Gasteiger partial charge in [0.25, 0.3) is 0 Å². The Bertz CT molecular complexity index is 312. The van der Waals surface area contributed by atoms with E-state index in [1.54, 1.807) is 7.11 Å². The molecule has 0 aliphatic carbocycles. The second-order valence-corrected chi connectivity index (χ2v) is 4.94. The van der Waals surface area contributed by atoms with Crippen LogP contribution in [0.25, 0.3) is 0 Å². The van der Waals surface area contributed by atoms with Gasteiger partial charge in [0.2, 0.25) is 0 Å². The first kappa shape index (κ1) is 11.1. The summed E-state index contributed by atoms with van der Waals surface area (Å²) < 4.78 is 6.59. The Hall–Kier alpha value is -0.380. The van der Waals surface area contributed by atoms with Gasteiger partial charge >= 0.3 is 0 Å². The molecular formula is C12H16BrNO. The van der Waals surface area contributed by atoms with E-state index in [1.807, 2.05) is 0 Å². The number of ether oxygens (including phenoxy) is 1. The highest BCUT2D eigenvalue weighted by Gasteiger charge is 2.26. The third-order valence-corrected chi connectivity index (χ3v) is 3.52. The van der Waals surface area contributed by atoms with E-state index in [2.05, 4.69) is 45.5 Å². The van der Waals surface area contributed by atoms with Crippen molar-refractivity contribution in [1.82, 2.24) is 5.32 Å². The standard InChI is InChI=1S/C12H16BrNO/c1-15-12-8-14-7-10(12)6-9-2-4-11(13)5-3-9/h2-5,10,12,14H,6-8H2,1H3. The summed E-state index contributed by atoms with van der Waals surface area (Å²) in [5.41, 5.74) is 1.38. The highest BCUT2D eigenvalue weighted by atomic mass is 79.9. The molecular weight excluding hydrogens is 254 g/mol. The molecule has 15 heavy (non-hydrogen) atoms. The van der Waals surface area contributed by atoms with E-state index in [9.17, 15) is 0 Å². The Morgan fingerprint density at radius 3 is 2.73 bits per heavy atom. The maximum absolute atomic E-state index is 5.45. The Balaban J connectivity index is 1.99. The van der Waals surface area contributed by atoms with Gasteiger partial charge in [0.1, 0.15) is 0 Å². The van der Waals surface area contributed by atoms with Crippen LogP contribution in [0.5, 0.6) is 0 Å². The Labute approximate surface area is 99.1 Å².